The predicted octanol–water partition coefficient (Wildman–Crippen LogP) is 3.19. The summed E-state index contributed by atoms with van der Waals surface area (Å²) in [6.07, 6.45) is 3.11. The normalized spacial score (nSPS) is 17.0. The molecule has 1 aliphatic rings. The molecule has 2 rings (SSSR count). The molecule has 0 bridgehead atoms. The molecule has 1 saturated carbocycles. The number of rotatable bonds is 3. The van der Waals surface area contributed by atoms with Crippen LogP contribution < -0.4 is 5.73 Å². The van der Waals surface area contributed by atoms with Crippen LogP contribution in [0.3, 0.4) is 0 Å². The fourth-order valence-electron chi connectivity index (χ4n) is 1.64. The molecule has 2 N–H and O–H groups in total. The monoisotopic (exact) mass is 233 g/mol. The average molecular weight is 234 g/mol. The molecule has 0 saturated heterocycles. The first-order chi connectivity index (χ1) is 6.66. The van der Waals surface area contributed by atoms with Gasteiger partial charge in [-0.2, -0.15) is 0 Å². The lowest BCUT2D eigenvalue weighted by Gasteiger charge is -2.12. The minimum Gasteiger partial charge on any atom is -0.324 e. The molecule has 4 heteroatoms. The summed E-state index contributed by atoms with van der Waals surface area (Å²) in [5, 5.41) is 0. The smallest absolute Gasteiger partial charge is 0.128 e. The zero-order valence-corrected chi connectivity index (χ0v) is 9.07. The summed E-state index contributed by atoms with van der Waals surface area (Å²) in [6.45, 7) is 0. The van der Waals surface area contributed by atoms with E-state index < -0.39 is 11.6 Å². The summed E-state index contributed by atoms with van der Waals surface area (Å²) in [7, 11) is 0. The van der Waals surface area contributed by atoms with Crippen LogP contribution in [-0.2, 0) is 0 Å². The standard InChI is InChI=1S/C11H13F2N.ClH/c12-8-3-4-10(13)9(6-8)11(14)5-7-1-2-7;/h3-4,6-7,11H,1-2,5,14H2;1H/t11-;/m0./s1. The second-order valence-electron chi connectivity index (χ2n) is 3.95. The van der Waals surface area contributed by atoms with Gasteiger partial charge >= 0.3 is 0 Å². The molecule has 0 heterocycles. The summed E-state index contributed by atoms with van der Waals surface area (Å²) >= 11 is 0. The van der Waals surface area contributed by atoms with Gasteiger partial charge in [0.1, 0.15) is 11.6 Å². The summed E-state index contributed by atoms with van der Waals surface area (Å²) in [6, 6.07) is 3.08. The molecule has 1 fully saturated rings. The zero-order valence-electron chi connectivity index (χ0n) is 8.25. The molecular formula is C11H14ClF2N. The van der Waals surface area contributed by atoms with E-state index in [0.29, 0.717) is 11.5 Å². The fraction of sp³-hybridized carbons (Fsp3) is 0.455. The van der Waals surface area contributed by atoms with E-state index in [9.17, 15) is 8.78 Å². The van der Waals surface area contributed by atoms with E-state index in [1.54, 1.807) is 0 Å². The molecule has 84 valence electrons. The minimum absolute atomic E-state index is 0. The molecule has 0 aromatic heterocycles. The van der Waals surface area contributed by atoms with Gasteiger partial charge in [-0.25, -0.2) is 8.78 Å². The molecule has 15 heavy (non-hydrogen) atoms. The topological polar surface area (TPSA) is 26.0 Å². The van der Waals surface area contributed by atoms with Crippen molar-refractivity contribution < 1.29 is 8.78 Å². The molecule has 0 radical (unpaired) electrons. The highest BCUT2D eigenvalue weighted by molar-refractivity contribution is 5.85. The van der Waals surface area contributed by atoms with Crippen LogP contribution in [0, 0.1) is 17.6 Å². The maximum atomic E-state index is 13.2. The first-order valence-corrected chi connectivity index (χ1v) is 4.87. The summed E-state index contributed by atoms with van der Waals surface area (Å²) < 4.78 is 26.1. The van der Waals surface area contributed by atoms with E-state index in [1.807, 2.05) is 0 Å². The van der Waals surface area contributed by atoms with Gasteiger partial charge in [-0.15, -0.1) is 12.4 Å². The lowest BCUT2D eigenvalue weighted by atomic mass is 10.0. The maximum Gasteiger partial charge on any atom is 0.128 e. The Balaban J connectivity index is 0.00000112. The third-order valence-electron chi connectivity index (χ3n) is 2.64. The van der Waals surface area contributed by atoms with Crippen molar-refractivity contribution in [3.05, 3.63) is 35.4 Å². The van der Waals surface area contributed by atoms with Gasteiger partial charge in [0.05, 0.1) is 0 Å². The minimum atomic E-state index is -0.423. The summed E-state index contributed by atoms with van der Waals surface area (Å²) in [5.41, 5.74) is 6.10. The average Bonchev–Trinajstić information content (AvgIpc) is 2.93. The Morgan fingerprint density at radius 3 is 2.60 bits per heavy atom. The van der Waals surface area contributed by atoms with Crippen molar-refractivity contribution in [3.8, 4) is 0 Å². The molecule has 0 aliphatic heterocycles. The number of nitrogens with two attached hydrogens (primary N) is 1. The van der Waals surface area contributed by atoms with Crippen molar-refractivity contribution in [3.63, 3.8) is 0 Å². The van der Waals surface area contributed by atoms with Crippen molar-refractivity contribution in [1.29, 1.82) is 0 Å². The first-order valence-electron chi connectivity index (χ1n) is 4.87. The lowest BCUT2D eigenvalue weighted by molar-refractivity contribution is 0.531. The van der Waals surface area contributed by atoms with Gasteiger partial charge in [-0.3, -0.25) is 0 Å². The highest BCUT2D eigenvalue weighted by Crippen LogP contribution is 2.37. The van der Waals surface area contributed by atoms with Crippen LogP contribution in [-0.4, -0.2) is 0 Å². The number of benzene rings is 1. The third-order valence-corrected chi connectivity index (χ3v) is 2.64. The van der Waals surface area contributed by atoms with E-state index in [2.05, 4.69) is 0 Å². The molecule has 1 nitrogen and oxygen atoms in total. The second kappa shape index (κ2) is 4.90. The highest BCUT2D eigenvalue weighted by atomic mass is 35.5. The van der Waals surface area contributed by atoms with E-state index >= 15 is 0 Å². The van der Waals surface area contributed by atoms with Crippen LogP contribution in [0.1, 0.15) is 30.9 Å². The summed E-state index contributed by atoms with van der Waals surface area (Å²) in [5.74, 6) is -0.208. The van der Waals surface area contributed by atoms with Crippen LogP contribution in [0.4, 0.5) is 8.78 Å². The quantitative estimate of drug-likeness (QED) is 0.853. The summed E-state index contributed by atoms with van der Waals surface area (Å²) in [4.78, 5) is 0. The van der Waals surface area contributed by atoms with E-state index in [1.165, 1.54) is 18.9 Å². The Labute approximate surface area is 94.1 Å². The maximum absolute atomic E-state index is 13.2. The fourth-order valence-corrected chi connectivity index (χ4v) is 1.64. The molecule has 1 aromatic carbocycles. The van der Waals surface area contributed by atoms with Crippen LogP contribution in [0.15, 0.2) is 18.2 Å². The molecular weight excluding hydrogens is 220 g/mol. The van der Waals surface area contributed by atoms with E-state index in [0.717, 1.165) is 18.6 Å². The third kappa shape index (κ3) is 3.14. The molecule has 1 aliphatic carbocycles. The number of hydrogen-bond acceptors (Lipinski definition) is 1. The largest absolute Gasteiger partial charge is 0.324 e. The number of hydrogen-bond donors (Lipinski definition) is 1. The van der Waals surface area contributed by atoms with Crippen molar-refractivity contribution in [2.24, 2.45) is 11.7 Å². The zero-order chi connectivity index (χ0) is 10.1. The Hall–Kier alpha value is -0.670. The van der Waals surface area contributed by atoms with Gasteiger partial charge in [0.25, 0.3) is 0 Å². The van der Waals surface area contributed by atoms with Crippen LogP contribution in [0.5, 0.6) is 0 Å². The molecule has 0 amide bonds. The highest BCUT2D eigenvalue weighted by Gasteiger charge is 2.25. The van der Waals surface area contributed by atoms with Crippen molar-refractivity contribution in [1.82, 2.24) is 0 Å². The Morgan fingerprint density at radius 1 is 1.33 bits per heavy atom. The molecule has 1 aromatic rings. The lowest BCUT2D eigenvalue weighted by Crippen LogP contribution is -2.13. The molecule has 0 spiro atoms. The Kier molecular flexibility index (Phi) is 4.05. The van der Waals surface area contributed by atoms with Crippen LogP contribution in [0.2, 0.25) is 0 Å². The van der Waals surface area contributed by atoms with Gasteiger partial charge in [-0.05, 0) is 30.5 Å². The Morgan fingerprint density at radius 2 is 2.00 bits per heavy atom. The van der Waals surface area contributed by atoms with Crippen molar-refractivity contribution in [2.45, 2.75) is 25.3 Å². The second-order valence-corrected chi connectivity index (χ2v) is 3.95. The van der Waals surface area contributed by atoms with E-state index in [-0.39, 0.29) is 18.4 Å². The van der Waals surface area contributed by atoms with Crippen LogP contribution >= 0.6 is 12.4 Å². The predicted molar refractivity (Wildman–Crippen MR) is 57.9 cm³/mol. The SMILES string of the molecule is Cl.N[C@@H](CC1CC1)c1cc(F)ccc1F. The van der Waals surface area contributed by atoms with E-state index in [4.69, 9.17) is 5.73 Å². The molecule has 1 atom stereocenters. The van der Waals surface area contributed by atoms with Gasteiger partial charge in [0, 0.05) is 11.6 Å². The van der Waals surface area contributed by atoms with Crippen LogP contribution in [0.25, 0.3) is 0 Å². The first kappa shape index (κ1) is 12.4. The molecule has 0 unspecified atom stereocenters. The van der Waals surface area contributed by atoms with Gasteiger partial charge in [0.2, 0.25) is 0 Å². The van der Waals surface area contributed by atoms with Gasteiger partial charge < -0.3 is 5.73 Å². The van der Waals surface area contributed by atoms with Gasteiger partial charge in [-0.1, -0.05) is 12.8 Å². The van der Waals surface area contributed by atoms with Crippen molar-refractivity contribution >= 4 is 12.4 Å². The van der Waals surface area contributed by atoms with Gasteiger partial charge in [0.15, 0.2) is 0 Å². The number of halogens is 3. The van der Waals surface area contributed by atoms with Crippen molar-refractivity contribution in [2.75, 3.05) is 0 Å². The Bertz CT molecular complexity index is 339.